The highest BCUT2D eigenvalue weighted by Crippen LogP contribution is 2.40. The fraction of sp³-hybridized carbons (Fsp3) is 0.444. The summed E-state index contributed by atoms with van der Waals surface area (Å²) in [5.41, 5.74) is 5.59. The smallest absolute Gasteiger partial charge is 0.387 e. The van der Waals surface area contributed by atoms with Crippen molar-refractivity contribution in [2.45, 2.75) is 89.4 Å². The summed E-state index contributed by atoms with van der Waals surface area (Å²) < 4.78 is 14.9. The SMILES string of the molecule is CCCc1c(Cc2ccc(-c3ccccc3-c3noc(=O)[nH]3)cc2)c(=O)n(C2CCC(OCC(C)(O)C3CC3)CC2)c2ccnn12. The Hall–Kier alpha value is -4.28. The van der Waals surface area contributed by atoms with Gasteiger partial charge in [-0.15, -0.1) is 0 Å². The molecule has 2 aromatic carbocycles. The van der Waals surface area contributed by atoms with Crippen LogP contribution in [0.4, 0.5) is 0 Å². The molecule has 0 spiro atoms. The van der Waals surface area contributed by atoms with Gasteiger partial charge in [0.15, 0.2) is 5.82 Å². The van der Waals surface area contributed by atoms with E-state index in [2.05, 4.69) is 34.3 Å². The quantitative estimate of drug-likeness (QED) is 0.193. The highest BCUT2D eigenvalue weighted by Gasteiger charge is 2.41. The number of H-pyrrole nitrogens is 1. The Kier molecular flexibility index (Phi) is 8.25. The normalized spacial score (nSPS) is 19.8. The van der Waals surface area contributed by atoms with E-state index in [0.29, 0.717) is 24.8 Å². The van der Waals surface area contributed by atoms with Crippen LogP contribution in [0.1, 0.15) is 81.7 Å². The summed E-state index contributed by atoms with van der Waals surface area (Å²) in [6.07, 6.45) is 9.60. The first kappa shape index (κ1) is 30.4. The minimum Gasteiger partial charge on any atom is -0.387 e. The van der Waals surface area contributed by atoms with Crippen LogP contribution in [-0.2, 0) is 17.6 Å². The highest BCUT2D eigenvalue weighted by molar-refractivity contribution is 5.80. The van der Waals surface area contributed by atoms with Crippen molar-refractivity contribution in [3.63, 3.8) is 0 Å². The van der Waals surface area contributed by atoms with Crippen molar-refractivity contribution in [1.29, 1.82) is 0 Å². The van der Waals surface area contributed by atoms with Crippen LogP contribution in [0.25, 0.3) is 28.2 Å². The third kappa shape index (κ3) is 5.99. The lowest BCUT2D eigenvalue weighted by molar-refractivity contribution is -0.0845. The highest BCUT2D eigenvalue weighted by atomic mass is 16.5. The molecule has 10 nitrogen and oxygen atoms in total. The average Bonchev–Trinajstić information content (AvgIpc) is 3.69. The number of ether oxygens (including phenoxy) is 1. The van der Waals surface area contributed by atoms with Gasteiger partial charge in [-0.3, -0.25) is 18.9 Å². The van der Waals surface area contributed by atoms with E-state index >= 15 is 0 Å². The van der Waals surface area contributed by atoms with Gasteiger partial charge in [0.25, 0.3) is 5.56 Å². The van der Waals surface area contributed by atoms with E-state index < -0.39 is 11.4 Å². The summed E-state index contributed by atoms with van der Waals surface area (Å²) in [5, 5.41) is 19.3. The van der Waals surface area contributed by atoms with Gasteiger partial charge in [0.05, 0.1) is 30.2 Å². The zero-order valence-electron chi connectivity index (χ0n) is 26.4. The second-order valence-corrected chi connectivity index (χ2v) is 13.2. The zero-order valence-corrected chi connectivity index (χ0v) is 26.4. The molecule has 2 aliphatic carbocycles. The van der Waals surface area contributed by atoms with Crippen molar-refractivity contribution in [3.8, 4) is 22.5 Å². The van der Waals surface area contributed by atoms with Gasteiger partial charge in [-0.1, -0.05) is 67.0 Å². The van der Waals surface area contributed by atoms with Crippen LogP contribution < -0.4 is 11.3 Å². The Bertz CT molecular complexity index is 1940. The molecular weight excluding hydrogens is 582 g/mol. The van der Waals surface area contributed by atoms with E-state index in [4.69, 9.17) is 9.26 Å². The fourth-order valence-electron chi connectivity index (χ4n) is 7.08. The Morgan fingerprint density at radius 2 is 1.74 bits per heavy atom. The van der Waals surface area contributed by atoms with Gasteiger partial charge in [-0.2, -0.15) is 5.10 Å². The number of aromatic amines is 1. The zero-order chi connectivity index (χ0) is 31.8. The van der Waals surface area contributed by atoms with E-state index in [1.807, 2.05) is 58.5 Å². The molecule has 46 heavy (non-hydrogen) atoms. The molecule has 240 valence electrons. The molecule has 2 N–H and O–H groups in total. The number of aromatic nitrogens is 5. The van der Waals surface area contributed by atoms with Gasteiger partial charge in [0, 0.05) is 29.7 Å². The first-order valence-corrected chi connectivity index (χ1v) is 16.5. The van der Waals surface area contributed by atoms with Crippen LogP contribution in [0.3, 0.4) is 0 Å². The molecule has 0 bridgehead atoms. The predicted molar refractivity (Wildman–Crippen MR) is 175 cm³/mol. The summed E-state index contributed by atoms with van der Waals surface area (Å²) in [4.78, 5) is 28.6. The lowest BCUT2D eigenvalue weighted by Gasteiger charge is -2.33. The number of aliphatic hydroxyl groups is 1. The van der Waals surface area contributed by atoms with Crippen LogP contribution in [0, 0.1) is 5.92 Å². The molecule has 1 unspecified atom stereocenters. The van der Waals surface area contributed by atoms with Crippen LogP contribution >= 0.6 is 0 Å². The van der Waals surface area contributed by atoms with E-state index in [9.17, 15) is 14.7 Å². The fourth-order valence-corrected chi connectivity index (χ4v) is 7.08. The van der Waals surface area contributed by atoms with Gasteiger partial charge in [0.2, 0.25) is 0 Å². The molecule has 5 aromatic rings. The van der Waals surface area contributed by atoms with E-state index in [0.717, 1.165) is 90.5 Å². The molecule has 2 saturated carbocycles. The number of rotatable bonds is 11. The van der Waals surface area contributed by atoms with Gasteiger partial charge in [0.1, 0.15) is 5.65 Å². The molecule has 0 radical (unpaired) electrons. The van der Waals surface area contributed by atoms with Crippen molar-refractivity contribution < 1.29 is 14.4 Å². The lowest BCUT2D eigenvalue weighted by Crippen LogP contribution is -2.37. The average molecular weight is 624 g/mol. The van der Waals surface area contributed by atoms with Gasteiger partial charge < -0.3 is 9.84 Å². The number of fused-ring (bicyclic) bond motifs is 1. The summed E-state index contributed by atoms with van der Waals surface area (Å²) in [6, 6.07) is 17.9. The number of nitrogens with one attached hydrogen (secondary N) is 1. The third-order valence-electron chi connectivity index (χ3n) is 9.78. The van der Waals surface area contributed by atoms with E-state index in [1.54, 1.807) is 6.20 Å². The third-order valence-corrected chi connectivity index (χ3v) is 9.78. The standard InChI is InChI=1S/C36H41N5O5/c1-3-6-31-30(21-23-9-11-24(12-10-23)28-7-4-5-8-29(28)33-38-35(43)46-39-33)34(42)40(32-19-20-37-41(31)32)26-15-17-27(18-16-26)45-22-36(2,44)25-13-14-25/h4-5,7-12,19-20,25-27,44H,3,6,13-18,21-22H2,1-2H3,(H,38,39,43). The van der Waals surface area contributed by atoms with Crippen LogP contribution in [0.2, 0.25) is 0 Å². The summed E-state index contributed by atoms with van der Waals surface area (Å²) in [7, 11) is 0. The Morgan fingerprint density at radius 3 is 2.41 bits per heavy atom. The topological polar surface area (TPSA) is 128 Å². The minimum atomic E-state index is -0.750. The maximum atomic E-state index is 14.4. The molecule has 0 aliphatic heterocycles. The number of hydrogen-bond acceptors (Lipinski definition) is 7. The number of aryl methyl sites for hydroxylation is 1. The summed E-state index contributed by atoms with van der Waals surface area (Å²) in [6.45, 7) is 4.39. The van der Waals surface area contributed by atoms with Crippen molar-refractivity contribution in [2.24, 2.45) is 5.92 Å². The molecule has 3 heterocycles. The second-order valence-electron chi connectivity index (χ2n) is 13.2. The van der Waals surface area contributed by atoms with Gasteiger partial charge >= 0.3 is 5.76 Å². The maximum Gasteiger partial charge on any atom is 0.439 e. The van der Waals surface area contributed by atoms with Crippen LogP contribution in [-0.4, -0.2) is 47.7 Å². The van der Waals surface area contributed by atoms with Crippen LogP contribution in [0.15, 0.2) is 74.9 Å². The lowest BCUT2D eigenvalue weighted by atomic mass is 9.91. The number of benzene rings is 2. The van der Waals surface area contributed by atoms with Gasteiger partial charge in [-0.25, -0.2) is 9.31 Å². The van der Waals surface area contributed by atoms with Crippen molar-refractivity contribution in [3.05, 3.63) is 98.5 Å². The van der Waals surface area contributed by atoms with E-state index in [1.165, 1.54) is 0 Å². The van der Waals surface area contributed by atoms with E-state index in [-0.39, 0.29) is 17.7 Å². The molecule has 0 amide bonds. The maximum absolute atomic E-state index is 14.4. The first-order chi connectivity index (χ1) is 22.3. The molecular formula is C36H41N5O5. The molecule has 2 fully saturated rings. The van der Waals surface area contributed by atoms with Crippen molar-refractivity contribution in [1.82, 2.24) is 24.3 Å². The summed E-state index contributed by atoms with van der Waals surface area (Å²) in [5.74, 6) is 0.144. The predicted octanol–water partition coefficient (Wildman–Crippen LogP) is 5.71. The van der Waals surface area contributed by atoms with Crippen molar-refractivity contribution >= 4 is 5.65 Å². The molecule has 3 aromatic heterocycles. The molecule has 1 atom stereocenters. The van der Waals surface area contributed by atoms with Crippen LogP contribution in [0.5, 0.6) is 0 Å². The molecule has 7 rings (SSSR count). The first-order valence-electron chi connectivity index (χ1n) is 16.5. The molecule has 10 heteroatoms. The molecule has 2 aliphatic rings. The largest absolute Gasteiger partial charge is 0.439 e. The number of nitrogens with zero attached hydrogens (tertiary/aromatic N) is 4. The monoisotopic (exact) mass is 623 g/mol. The second kappa shape index (κ2) is 12.5. The Labute approximate surface area is 267 Å². The summed E-state index contributed by atoms with van der Waals surface area (Å²) >= 11 is 0. The molecule has 0 saturated heterocycles. The Balaban J connectivity index is 1.15. The van der Waals surface area contributed by atoms with Crippen molar-refractivity contribution in [2.75, 3.05) is 6.61 Å². The van der Waals surface area contributed by atoms with Gasteiger partial charge in [-0.05, 0) is 74.5 Å². The Morgan fingerprint density at radius 1 is 1.00 bits per heavy atom. The minimum absolute atomic E-state index is 0.0573. The number of hydrogen-bond donors (Lipinski definition) is 2.